The molecule has 1 heterocycles. The lowest BCUT2D eigenvalue weighted by Crippen LogP contribution is -2.49. The Morgan fingerprint density at radius 1 is 0.889 bits per heavy atom. The fourth-order valence-electron chi connectivity index (χ4n) is 3.51. The lowest BCUT2D eigenvalue weighted by molar-refractivity contribution is -0.127. The van der Waals surface area contributed by atoms with Crippen LogP contribution >= 0.6 is 0 Å². The first kappa shape index (κ1) is 19.0. The minimum Gasteiger partial charge on any atom is -0.337 e. The number of rotatable bonds is 5. The summed E-state index contributed by atoms with van der Waals surface area (Å²) in [4.78, 5) is 26.4. The quantitative estimate of drug-likeness (QED) is 0.599. The average molecular weight is 363 g/mol. The number of aryl methyl sites for hydroxylation is 2. The van der Waals surface area contributed by atoms with Gasteiger partial charge in [-0.25, -0.2) is 0 Å². The van der Waals surface area contributed by atoms with Crippen LogP contribution in [0.1, 0.15) is 28.3 Å². The van der Waals surface area contributed by atoms with Gasteiger partial charge in [0.2, 0.25) is 5.91 Å². The van der Waals surface area contributed by atoms with Crippen molar-refractivity contribution in [1.82, 2.24) is 9.80 Å². The Hall–Kier alpha value is -2.79. The molecule has 5 nitrogen and oxygen atoms in total. The summed E-state index contributed by atoms with van der Waals surface area (Å²) in [5, 5.41) is 2.62. The molecule has 5 heteroatoms. The van der Waals surface area contributed by atoms with Crippen LogP contribution in [0.2, 0.25) is 0 Å². The van der Waals surface area contributed by atoms with E-state index in [9.17, 15) is 9.70 Å². The van der Waals surface area contributed by atoms with Crippen molar-refractivity contribution in [1.29, 1.82) is 0 Å². The van der Waals surface area contributed by atoms with Crippen LogP contribution < -0.4 is 0 Å². The molecule has 0 N–H and O–H groups in total. The highest BCUT2D eigenvalue weighted by atomic mass is 16.2. The summed E-state index contributed by atoms with van der Waals surface area (Å²) in [6.07, 6.45) is 2.25. The molecule has 1 saturated heterocycles. The molecular weight excluding hydrogens is 338 g/mol. The van der Waals surface area contributed by atoms with Crippen molar-refractivity contribution in [2.75, 3.05) is 26.2 Å². The van der Waals surface area contributed by atoms with Gasteiger partial charge in [-0.2, -0.15) is 0 Å². The van der Waals surface area contributed by atoms with E-state index >= 15 is 0 Å². The van der Waals surface area contributed by atoms with Crippen molar-refractivity contribution in [3.8, 4) is 0 Å². The van der Waals surface area contributed by atoms with E-state index in [1.807, 2.05) is 0 Å². The van der Waals surface area contributed by atoms with E-state index in [0.717, 1.165) is 19.3 Å². The highest BCUT2D eigenvalue weighted by Gasteiger charge is 2.27. The Kier molecular flexibility index (Phi) is 6.14. The van der Waals surface area contributed by atoms with Crippen LogP contribution in [0.4, 0.5) is 0 Å². The molecule has 3 rings (SSSR count). The molecule has 1 fully saturated rings. The van der Waals surface area contributed by atoms with Gasteiger partial charge in [-0.3, -0.25) is 9.69 Å². The molecule has 0 bridgehead atoms. The lowest BCUT2D eigenvalue weighted by Gasteiger charge is -2.39. The van der Waals surface area contributed by atoms with Gasteiger partial charge in [-0.1, -0.05) is 59.7 Å². The number of nitroso groups, excluding NO2 is 1. The van der Waals surface area contributed by atoms with E-state index in [4.69, 9.17) is 0 Å². The summed E-state index contributed by atoms with van der Waals surface area (Å²) in [6, 6.07) is 17.5. The molecule has 27 heavy (non-hydrogen) atoms. The van der Waals surface area contributed by atoms with Crippen molar-refractivity contribution in [3.63, 3.8) is 0 Å². The number of benzene rings is 2. The third-order valence-electron chi connectivity index (χ3n) is 5.06. The van der Waals surface area contributed by atoms with Gasteiger partial charge < -0.3 is 4.90 Å². The predicted octanol–water partition coefficient (Wildman–Crippen LogP) is 3.82. The molecule has 0 saturated carbocycles. The molecule has 0 atom stereocenters. The summed E-state index contributed by atoms with van der Waals surface area (Å²) in [7, 11) is 0. The zero-order valence-electron chi connectivity index (χ0n) is 15.8. The normalized spacial score (nSPS) is 15.4. The van der Waals surface area contributed by atoms with Crippen molar-refractivity contribution in [3.05, 3.63) is 88.0 Å². The standard InChI is InChI=1S/C22H25N3O2/c1-17-3-7-19(8-4-17)22(20-9-5-18(2)6-10-20)25-15-13-24(14-16-25)21(26)11-12-23-27/h3-12,22H,13-16H2,1-2H3/b12-11+. The number of carbonyl (C=O) groups is 1. The monoisotopic (exact) mass is 363 g/mol. The Balaban J connectivity index is 1.81. The third-order valence-corrected chi connectivity index (χ3v) is 5.06. The van der Waals surface area contributed by atoms with E-state index < -0.39 is 0 Å². The van der Waals surface area contributed by atoms with E-state index in [1.54, 1.807) is 4.90 Å². The zero-order chi connectivity index (χ0) is 19.2. The van der Waals surface area contributed by atoms with Gasteiger partial charge in [0.05, 0.1) is 12.2 Å². The maximum Gasteiger partial charge on any atom is 0.248 e. The van der Waals surface area contributed by atoms with Crippen LogP contribution in [0.3, 0.4) is 0 Å². The second-order valence-corrected chi connectivity index (χ2v) is 7.01. The number of piperazine rings is 1. The third kappa shape index (κ3) is 4.68. The lowest BCUT2D eigenvalue weighted by atomic mass is 9.95. The average Bonchev–Trinajstić information content (AvgIpc) is 2.70. The Morgan fingerprint density at radius 2 is 1.37 bits per heavy atom. The van der Waals surface area contributed by atoms with Crippen LogP contribution in [-0.4, -0.2) is 41.9 Å². The van der Waals surface area contributed by atoms with Crippen LogP contribution in [0.15, 0.2) is 66.0 Å². The van der Waals surface area contributed by atoms with Crippen LogP contribution in [-0.2, 0) is 4.79 Å². The number of amides is 1. The number of hydrogen-bond donors (Lipinski definition) is 0. The molecule has 0 spiro atoms. The van der Waals surface area contributed by atoms with Gasteiger partial charge in [0.1, 0.15) is 0 Å². The molecule has 1 aliphatic heterocycles. The van der Waals surface area contributed by atoms with Gasteiger partial charge in [0.25, 0.3) is 0 Å². The van der Waals surface area contributed by atoms with Gasteiger partial charge in [-0.05, 0) is 30.2 Å². The summed E-state index contributed by atoms with van der Waals surface area (Å²) < 4.78 is 0. The fraction of sp³-hybridized carbons (Fsp3) is 0.318. The number of hydrogen-bond acceptors (Lipinski definition) is 4. The Labute approximate surface area is 160 Å². The molecule has 2 aromatic rings. The van der Waals surface area contributed by atoms with Crippen molar-refractivity contribution in [2.24, 2.45) is 5.18 Å². The number of nitrogens with zero attached hydrogens (tertiary/aromatic N) is 3. The van der Waals surface area contributed by atoms with Crippen molar-refractivity contribution < 1.29 is 4.79 Å². The maximum atomic E-state index is 12.1. The van der Waals surface area contributed by atoms with E-state index in [-0.39, 0.29) is 11.9 Å². The van der Waals surface area contributed by atoms with Crippen molar-refractivity contribution in [2.45, 2.75) is 19.9 Å². The summed E-state index contributed by atoms with van der Waals surface area (Å²) in [5.74, 6) is -0.156. The minimum atomic E-state index is -0.156. The largest absolute Gasteiger partial charge is 0.337 e. The second kappa shape index (κ2) is 8.73. The summed E-state index contributed by atoms with van der Waals surface area (Å²) in [5.41, 5.74) is 5.00. The molecule has 140 valence electrons. The van der Waals surface area contributed by atoms with E-state index in [1.165, 1.54) is 28.3 Å². The fourth-order valence-corrected chi connectivity index (χ4v) is 3.51. The molecule has 0 aliphatic carbocycles. The molecule has 0 aromatic heterocycles. The van der Waals surface area contributed by atoms with Gasteiger partial charge in [0.15, 0.2) is 0 Å². The molecular formula is C22H25N3O2. The molecule has 2 aromatic carbocycles. The number of carbonyl (C=O) groups excluding carboxylic acids is 1. The maximum absolute atomic E-state index is 12.1. The molecule has 0 radical (unpaired) electrons. The first-order chi connectivity index (χ1) is 13.1. The zero-order valence-corrected chi connectivity index (χ0v) is 15.8. The summed E-state index contributed by atoms with van der Waals surface area (Å²) in [6.45, 7) is 7.01. The SMILES string of the molecule is Cc1ccc(C(c2ccc(C)cc2)N2CCN(C(=O)/C=C/N=O)CC2)cc1. The van der Waals surface area contributed by atoms with Gasteiger partial charge in [-0.15, -0.1) is 4.91 Å². The van der Waals surface area contributed by atoms with Crippen LogP contribution in [0, 0.1) is 18.8 Å². The second-order valence-electron chi connectivity index (χ2n) is 7.01. The molecule has 1 amide bonds. The smallest absolute Gasteiger partial charge is 0.248 e. The topological polar surface area (TPSA) is 53.0 Å². The predicted molar refractivity (Wildman–Crippen MR) is 107 cm³/mol. The first-order valence-electron chi connectivity index (χ1n) is 9.23. The van der Waals surface area contributed by atoms with E-state index in [2.05, 4.69) is 72.5 Å². The van der Waals surface area contributed by atoms with Gasteiger partial charge >= 0.3 is 0 Å². The molecule has 0 unspecified atom stereocenters. The van der Waals surface area contributed by atoms with E-state index in [0.29, 0.717) is 13.1 Å². The van der Waals surface area contributed by atoms with Crippen LogP contribution in [0.5, 0.6) is 0 Å². The van der Waals surface area contributed by atoms with Crippen LogP contribution in [0.25, 0.3) is 0 Å². The highest BCUT2D eigenvalue weighted by Crippen LogP contribution is 2.30. The Morgan fingerprint density at radius 3 is 1.81 bits per heavy atom. The van der Waals surface area contributed by atoms with Crippen molar-refractivity contribution >= 4 is 5.91 Å². The highest BCUT2D eigenvalue weighted by molar-refractivity contribution is 5.87. The summed E-state index contributed by atoms with van der Waals surface area (Å²) >= 11 is 0. The Bertz CT molecular complexity index is 759. The molecule has 1 aliphatic rings. The first-order valence-corrected chi connectivity index (χ1v) is 9.23. The minimum absolute atomic E-state index is 0.156. The van der Waals surface area contributed by atoms with Gasteiger partial charge in [0, 0.05) is 32.3 Å².